The molecule has 1 heterocycles. The van der Waals surface area contributed by atoms with E-state index in [1.54, 1.807) is 18.7 Å². The standard InChI is InChI=1S/C20H30N2O3/c1-14(2)19-8-7-18(13-15(19)3)25-16(4)20(24)22-10-6-9-21(11-12-22)17(5)23/h7-8,13-14,16H,6,9-12H2,1-5H3/t16-/m0/s1. The minimum Gasteiger partial charge on any atom is -0.481 e. The summed E-state index contributed by atoms with van der Waals surface area (Å²) in [5.74, 6) is 1.24. The van der Waals surface area contributed by atoms with E-state index in [9.17, 15) is 9.59 Å². The van der Waals surface area contributed by atoms with Crippen LogP contribution in [-0.2, 0) is 9.59 Å². The van der Waals surface area contributed by atoms with Crippen molar-refractivity contribution in [3.8, 4) is 5.75 Å². The third kappa shape index (κ3) is 4.97. The molecule has 0 radical (unpaired) electrons. The number of amides is 2. The smallest absolute Gasteiger partial charge is 0.263 e. The minimum absolute atomic E-state index is 0.0176. The van der Waals surface area contributed by atoms with Gasteiger partial charge >= 0.3 is 0 Å². The number of hydrogen-bond donors (Lipinski definition) is 0. The zero-order chi connectivity index (χ0) is 18.6. The van der Waals surface area contributed by atoms with Crippen LogP contribution in [0.1, 0.15) is 51.2 Å². The van der Waals surface area contributed by atoms with Crippen LogP contribution in [0, 0.1) is 6.92 Å². The molecule has 1 atom stereocenters. The van der Waals surface area contributed by atoms with Gasteiger partial charge in [0, 0.05) is 33.1 Å². The number of nitrogens with zero attached hydrogens (tertiary/aromatic N) is 2. The molecule has 1 fully saturated rings. The van der Waals surface area contributed by atoms with E-state index in [0.717, 1.165) is 12.2 Å². The van der Waals surface area contributed by atoms with Crippen molar-refractivity contribution in [2.75, 3.05) is 26.2 Å². The van der Waals surface area contributed by atoms with Gasteiger partial charge in [0.2, 0.25) is 5.91 Å². The molecule has 0 N–H and O–H groups in total. The molecule has 1 aromatic rings. The van der Waals surface area contributed by atoms with Crippen molar-refractivity contribution >= 4 is 11.8 Å². The van der Waals surface area contributed by atoms with Crippen LogP contribution in [0.5, 0.6) is 5.75 Å². The first-order valence-corrected chi connectivity index (χ1v) is 9.11. The van der Waals surface area contributed by atoms with Crippen LogP contribution in [0.2, 0.25) is 0 Å². The summed E-state index contributed by atoms with van der Waals surface area (Å²) in [4.78, 5) is 27.8. The van der Waals surface area contributed by atoms with Crippen LogP contribution >= 0.6 is 0 Å². The summed E-state index contributed by atoms with van der Waals surface area (Å²) in [7, 11) is 0. The van der Waals surface area contributed by atoms with Crippen molar-refractivity contribution in [1.29, 1.82) is 0 Å². The summed E-state index contributed by atoms with van der Waals surface area (Å²) >= 11 is 0. The number of aryl methyl sites for hydroxylation is 1. The van der Waals surface area contributed by atoms with E-state index in [4.69, 9.17) is 4.74 Å². The topological polar surface area (TPSA) is 49.9 Å². The summed E-state index contributed by atoms with van der Waals surface area (Å²) in [5, 5.41) is 0. The second kappa shape index (κ2) is 8.37. The van der Waals surface area contributed by atoms with Gasteiger partial charge in [-0.15, -0.1) is 0 Å². The van der Waals surface area contributed by atoms with E-state index in [-0.39, 0.29) is 11.8 Å². The molecule has 2 amide bonds. The molecule has 0 bridgehead atoms. The highest BCUT2D eigenvalue weighted by Crippen LogP contribution is 2.24. The van der Waals surface area contributed by atoms with Crippen LogP contribution in [0.4, 0.5) is 0 Å². The van der Waals surface area contributed by atoms with Crippen molar-refractivity contribution in [3.05, 3.63) is 29.3 Å². The molecule has 25 heavy (non-hydrogen) atoms. The molecular formula is C20H30N2O3. The number of benzene rings is 1. The molecule has 0 aromatic heterocycles. The Labute approximate surface area is 150 Å². The van der Waals surface area contributed by atoms with Gasteiger partial charge in [0.1, 0.15) is 5.75 Å². The summed E-state index contributed by atoms with van der Waals surface area (Å²) in [6, 6.07) is 6.01. The molecule has 138 valence electrons. The summed E-state index contributed by atoms with van der Waals surface area (Å²) < 4.78 is 5.89. The lowest BCUT2D eigenvalue weighted by Gasteiger charge is -2.25. The van der Waals surface area contributed by atoms with Gasteiger partial charge in [0.25, 0.3) is 5.91 Å². The van der Waals surface area contributed by atoms with Gasteiger partial charge in [0.15, 0.2) is 6.10 Å². The molecule has 1 aliphatic rings. The van der Waals surface area contributed by atoms with Crippen LogP contribution < -0.4 is 4.74 Å². The highest BCUT2D eigenvalue weighted by molar-refractivity contribution is 5.81. The fourth-order valence-electron chi connectivity index (χ4n) is 3.33. The summed E-state index contributed by atoms with van der Waals surface area (Å²) in [6.07, 6.45) is 0.272. The molecule has 5 nitrogen and oxygen atoms in total. The quantitative estimate of drug-likeness (QED) is 0.842. The second-order valence-corrected chi connectivity index (χ2v) is 7.12. The average Bonchev–Trinajstić information content (AvgIpc) is 2.79. The molecular weight excluding hydrogens is 316 g/mol. The van der Waals surface area contributed by atoms with Gasteiger partial charge in [-0.25, -0.2) is 0 Å². The van der Waals surface area contributed by atoms with E-state index in [1.165, 1.54) is 11.1 Å². The van der Waals surface area contributed by atoms with Crippen LogP contribution in [-0.4, -0.2) is 53.9 Å². The molecule has 1 aliphatic heterocycles. The fourth-order valence-corrected chi connectivity index (χ4v) is 3.33. The maximum absolute atomic E-state index is 12.7. The molecule has 0 aliphatic carbocycles. The fraction of sp³-hybridized carbons (Fsp3) is 0.600. The Bertz CT molecular complexity index is 627. The summed E-state index contributed by atoms with van der Waals surface area (Å²) in [5.41, 5.74) is 2.47. The van der Waals surface area contributed by atoms with Crippen molar-refractivity contribution in [1.82, 2.24) is 9.80 Å². The summed E-state index contributed by atoms with van der Waals surface area (Å²) in [6.45, 7) is 12.3. The maximum atomic E-state index is 12.7. The van der Waals surface area contributed by atoms with Gasteiger partial charge in [-0.3, -0.25) is 9.59 Å². The molecule has 1 saturated heterocycles. The van der Waals surface area contributed by atoms with E-state index < -0.39 is 6.10 Å². The highest BCUT2D eigenvalue weighted by Gasteiger charge is 2.25. The van der Waals surface area contributed by atoms with Gasteiger partial charge in [-0.1, -0.05) is 19.9 Å². The molecule has 0 saturated carbocycles. The predicted molar refractivity (Wildman–Crippen MR) is 98.8 cm³/mol. The van der Waals surface area contributed by atoms with Crippen molar-refractivity contribution in [2.24, 2.45) is 0 Å². The minimum atomic E-state index is -0.534. The largest absolute Gasteiger partial charge is 0.481 e. The first-order chi connectivity index (χ1) is 11.8. The Morgan fingerprint density at radius 3 is 2.28 bits per heavy atom. The van der Waals surface area contributed by atoms with Crippen molar-refractivity contribution < 1.29 is 14.3 Å². The Hall–Kier alpha value is -2.04. The highest BCUT2D eigenvalue weighted by atomic mass is 16.5. The lowest BCUT2D eigenvalue weighted by atomic mass is 9.98. The Balaban J connectivity index is 1.98. The third-order valence-electron chi connectivity index (χ3n) is 4.78. The van der Waals surface area contributed by atoms with Gasteiger partial charge in [0.05, 0.1) is 0 Å². The zero-order valence-electron chi connectivity index (χ0n) is 16.0. The van der Waals surface area contributed by atoms with Gasteiger partial charge in [-0.05, 0) is 49.4 Å². The Morgan fingerprint density at radius 2 is 1.68 bits per heavy atom. The number of carbonyl (C=O) groups excluding carboxylic acids is 2. The van der Waals surface area contributed by atoms with Crippen LogP contribution in [0.25, 0.3) is 0 Å². The molecule has 2 rings (SSSR count). The molecule has 5 heteroatoms. The van der Waals surface area contributed by atoms with Gasteiger partial charge in [-0.2, -0.15) is 0 Å². The molecule has 0 spiro atoms. The zero-order valence-corrected chi connectivity index (χ0v) is 16.0. The first-order valence-electron chi connectivity index (χ1n) is 9.11. The number of ether oxygens (including phenoxy) is 1. The third-order valence-corrected chi connectivity index (χ3v) is 4.78. The maximum Gasteiger partial charge on any atom is 0.263 e. The lowest BCUT2D eigenvalue weighted by Crippen LogP contribution is -2.42. The Kier molecular flexibility index (Phi) is 6.45. The SMILES string of the molecule is CC(=O)N1CCCN(C(=O)[C@H](C)Oc2ccc(C(C)C)c(C)c2)CC1. The first kappa shape index (κ1) is 19.3. The molecule has 1 aromatic carbocycles. The number of hydrogen-bond acceptors (Lipinski definition) is 3. The second-order valence-electron chi connectivity index (χ2n) is 7.12. The van der Waals surface area contributed by atoms with Crippen molar-refractivity contribution in [2.45, 2.75) is 53.1 Å². The van der Waals surface area contributed by atoms with Gasteiger partial charge < -0.3 is 14.5 Å². The van der Waals surface area contributed by atoms with E-state index >= 15 is 0 Å². The predicted octanol–water partition coefficient (Wildman–Crippen LogP) is 2.97. The van der Waals surface area contributed by atoms with Crippen LogP contribution in [0.3, 0.4) is 0 Å². The lowest BCUT2D eigenvalue weighted by molar-refractivity contribution is -0.138. The van der Waals surface area contributed by atoms with E-state index in [0.29, 0.717) is 32.1 Å². The normalized spacial score (nSPS) is 16.6. The van der Waals surface area contributed by atoms with Crippen LogP contribution in [0.15, 0.2) is 18.2 Å². The average molecular weight is 346 g/mol. The molecule has 0 unspecified atom stereocenters. The number of carbonyl (C=O) groups is 2. The Morgan fingerprint density at radius 1 is 1.04 bits per heavy atom. The monoisotopic (exact) mass is 346 g/mol. The van der Waals surface area contributed by atoms with E-state index in [1.807, 2.05) is 17.0 Å². The number of rotatable bonds is 4. The van der Waals surface area contributed by atoms with E-state index in [2.05, 4.69) is 26.8 Å². The van der Waals surface area contributed by atoms with Crippen molar-refractivity contribution in [3.63, 3.8) is 0 Å².